The van der Waals surface area contributed by atoms with Gasteiger partial charge in [0.15, 0.2) is 0 Å². The third kappa shape index (κ3) is 5.21. The molecule has 0 radical (unpaired) electrons. The maximum atomic E-state index is 10.9. The average molecular weight is 238 g/mol. The van der Waals surface area contributed by atoms with E-state index in [1.54, 1.807) is 0 Å². The summed E-state index contributed by atoms with van der Waals surface area (Å²) >= 11 is 1.86. The zero-order valence-electron chi connectivity index (χ0n) is 9.86. The van der Waals surface area contributed by atoms with Gasteiger partial charge in [0.2, 0.25) is 0 Å². The minimum absolute atomic E-state index is 0.115. The van der Waals surface area contributed by atoms with Crippen LogP contribution in [0.25, 0.3) is 0 Å². The Balaban J connectivity index is 2.14. The summed E-state index contributed by atoms with van der Waals surface area (Å²) in [4.78, 5) is 10.9. The molecule has 0 saturated carbocycles. The number of aryl methyl sites for hydroxylation is 1. The molecule has 0 spiro atoms. The predicted octanol–water partition coefficient (Wildman–Crippen LogP) is 3.18. The minimum atomic E-state index is -0.115. The molecule has 3 heteroatoms. The molecule has 1 aromatic rings. The van der Waals surface area contributed by atoms with Crippen molar-refractivity contribution in [2.24, 2.45) is 0 Å². The van der Waals surface area contributed by atoms with Gasteiger partial charge in [-0.05, 0) is 24.7 Å². The van der Waals surface area contributed by atoms with E-state index in [2.05, 4.69) is 35.9 Å². The fourth-order valence-electron chi connectivity index (χ4n) is 1.41. The third-order valence-electron chi connectivity index (χ3n) is 2.25. The Kier molecular flexibility index (Phi) is 6.01. The van der Waals surface area contributed by atoms with E-state index in [9.17, 15) is 4.79 Å². The number of benzene rings is 1. The zero-order valence-corrected chi connectivity index (χ0v) is 10.7. The van der Waals surface area contributed by atoms with E-state index < -0.39 is 0 Å². The van der Waals surface area contributed by atoms with Gasteiger partial charge in [-0.25, -0.2) is 0 Å². The Morgan fingerprint density at radius 1 is 1.44 bits per heavy atom. The topological polar surface area (TPSA) is 26.3 Å². The molecule has 0 unspecified atom stereocenters. The Hall–Kier alpha value is -0.960. The number of hydrogen-bond acceptors (Lipinski definition) is 3. The monoisotopic (exact) mass is 238 g/mol. The lowest BCUT2D eigenvalue weighted by atomic mass is 10.2. The van der Waals surface area contributed by atoms with Gasteiger partial charge >= 0.3 is 5.97 Å². The number of carbonyl (C=O) groups is 1. The number of esters is 1. The summed E-state index contributed by atoms with van der Waals surface area (Å²) in [5, 5.41) is 0. The fourth-order valence-corrected chi connectivity index (χ4v) is 2.32. The summed E-state index contributed by atoms with van der Waals surface area (Å²) in [5.74, 6) is 1.91. The molecule has 88 valence electrons. The van der Waals surface area contributed by atoms with E-state index in [1.165, 1.54) is 18.2 Å². The normalized spacial score (nSPS) is 10.1. The van der Waals surface area contributed by atoms with Crippen LogP contribution >= 0.6 is 11.8 Å². The largest absolute Gasteiger partial charge is 0.469 e. The van der Waals surface area contributed by atoms with Crippen LogP contribution in [0.4, 0.5) is 0 Å². The predicted molar refractivity (Wildman–Crippen MR) is 68.6 cm³/mol. The molecule has 0 amide bonds. The molecule has 2 nitrogen and oxygen atoms in total. The maximum Gasteiger partial charge on any atom is 0.305 e. The minimum Gasteiger partial charge on any atom is -0.469 e. The van der Waals surface area contributed by atoms with E-state index in [4.69, 9.17) is 0 Å². The number of rotatable bonds is 6. The van der Waals surface area contributed by atoms with E-state index in [0.29, 0.717) is 6.42 Å². The molecule has 0 saturated heterocycles. The molecule has 0 fully saturated rings. The summed E-state index contributed by atoms with van der Waals surface area (Å²) in [7, 11) is 1.43. The quantitative estimate of drug-likeness (QED) is 0.562. The highest BCUT2D eigenvalue weighted by atomic mass is 32.2. The van der Waals surface area contributed by atoms with Gasteiger partial charge < -0.3 is 4.74 Å². The molecule has 0 aliphatic heterocycles. The van der Waals surface area contributed by atoms with Gasteiger partial charge in [0.1, 0.15) is 0 Å². The number of thioether (sulfide) groups is 1. The van der Waals surface area contributed by atoms with Crippen molar-refractivity contribution in [3.63, 3.8) is 0 Å². The first kappa shape index (κ1) is 13.1. The van der Waals surface area contributed by atoms with Gasteiger partial charge in [0.05, 0.1) is 7.11 Å². The second-order valence-electron chi connectivity index (χ2n) is 3.72. The SMILES string of the molecule is COC(=O)CCCSCc1cccc(C)c1. The summed E-state index contributed by atoms with van der Waals surface area (Å²) in [5.41, 5.74) is 2.65. The molecule has 0 atom stereocenters. The highest BCUT2D eigenvalue weighted by Gasteiger charge is 1.99. The number of carbonyl (C=O) groups excluding carboxylic acids is 1. The second-order valence-corrected chi connectivity index (χ2v) is 4.83. The van der Waals surface area contributed by atoms with Crippen LogP contribution in [0.1, 0.15) is 24.0 Å². The molecule has 16 heavy (non-hydrogen) atoms. The summed E-state index contributed by atoms with van der Waals surface area (Å²) in [6, 6.07) is 8.53. The number of hydrogen-bond donors (Lipinski definition) is 0. The van der Waals surface area contributed by atoms with Crippen molar-refractivity contribution >= 4 is 17.7 Å². The van der Waals surface area contributed by atoms with Gasteiger partial charge in [-0.15, -0.1) is 0 Å². The van der Waals surface area contributed by atoms with Crippen molar-refractivity contribution < 1.29 is 9.53 Å². The highest BCUT2D eigenvalue weighted by molar-refractivity contribution is 7.98. The van der Waals surface area contributed by atoms with Gasteiger partial charge in [-0.1, -0.05) is 29.8 Å². The fraction of sp³-hybridized carbons (Fsp3) is 0.462. The maximum absolute atomic E-state index is 10.9. The highest BCUT2D eigenvalue weighted by Crippen LogP contribution is 2.14. The Morgan fingerprint density at radius 3 is 2.94 bits per heavy atom. The molecular weight excluding hydrogens is 220 g/mol. The van der Waals surface area contributed by atoms with Crippen molar-refractivity contribution in [3.05, 3.63) is 35.4 Å². The van der Waals surface area contributed by atoms with Crippen LogP contribution in [-0.4, -0.2) is 18.8 Å². The molecule has 1 rings (SSSR count). The van der Waals surface area contributed by atoms with Crippen LogP contribution in [0.2, 0.25) is 0 Å². The van der Waals surface area contributed by atoms with Gasteiger partial charge in [0.25, 0.3) is 0 Å². The number of ether oxygens (including phenoxy) is 1. The van der Waals surface area contributed by atoms with Crippen molar-refractivity contribution in [3.8, 4) is 0 Å². The average Bonchev–Trinajstić information content (AvgIpc) is 2.28. The van der Waals surface area contributed by atoms with Gasteiger partial charge in [-0.3, -0.25) is 4.79 Å². The third-order valence-corrected chi connectivity index (χ3v) is 3.36. The van der Waals surface area contributed by atoms with Crippen molar-refractivity contribution in [2.45, 2.75) is 25.5 Å². The first-order valence-corrected chi connectivity index (χ1v) is 6.58. The molecule has 0 aromatic heterocycles. The lowest BCUT2D eigenvalue weighted by Crippen LogP contribution is -2.00. The Morgan fingerprint density at radius 2 is 2.25 bits per heavy atom. The van der Waals surface area contributed by atoms with E-state index in [0.717, 1.165) is 17.9 Å². The first-order chi connectivity index (χ1) is 7.72. The van der Waals surface area contributed by atoms with Crippen molar-refractivity contribution in [2.75, 3.05) is 12.9 Å². The zero-order chi connectivity index (χ0) is 11.8. The summed E-state index contributed by atoms with van der Waals surface area (Å²) in [6.07, 6.45) is 1.42. The van der Waals surface area contributed by atoms with Crippen LogP contribution < -0.4 is 0 Å². The summed E-state index contributed by atoms with van der Waals surface area (Å²) < 4.78 is 4.58. The van der Waals surface area contributed by atoms with E-state index in [-0.39, 0.29) is 5.97 Å². The van der Waals surface area contributed by atoms with Crippen molar-refractivity contribution in [1.82, 2.24) is 0 Å². The molecule has 0 heterocycles. The molecular formula is C13H18O2S. The molecule has 0 N–H and O–H groups in total. The van der Waals surface area contributed by atoms with Crippen molar-refractivity contribution in [1.29, 1.82) is 0 Å². The molecule has 1 aromatic carbocycles. The lowest BCUT2D eigenvalue weighted by Gasteiger charge is -2.02. The van der Waals surface area contributed by atoms with Gasteiger partial charge in [0, 0.05) is 12.2 Å². The first-order valence-electron chi connectivity index (χ1n) is 5.42. The van der Waals surface area contributed by atoms with Crippen LogP contribution in [0, 0.1) is 6.92 Å². The smallest absolute Gasteiger partial charge is 0.305 e. The second kappa shape index (κ2) is 7.34. The van der Waals surface area contributed by atoms with E-state index in [1.807, 2.05) is 11.8 Å². The van der Waals surface area contributed by atoms with Crippen LogP contribution in [0.15, 0.2) is 24.3 Å². The molecule has 0 aliphatic carbocycles. The van der Waals surface area contributed by atoms with Crippen LogP contribution in [0.5, 0.6) is 0 Å². The van der Waals surface area contributed by atoms with E-state index >= 15 is 0 Å². The molecule has 0 bridgehead atoms. The molecule has 0 aliphatic rings. The number of methoxy groups -OCH3 is 1. The summed E-state index contributed by atoms with van der Waals surface area (Å²) in [6.45, 7) is 2.10. The van der Waals surface area contributed by atoms with Crippen LogP contribution in [-0.2, 0) is 15.3 Å². The standard InChI is InChI=1S/C13H18O2S/c1-11-5-3-6-12(9-11)10-16-8-4-7-13(14)15-2/h3,5-6,9H,4,7-8,10H2,1-2H3. The van der Waals surface area contributed by atoms with Crippen LogP contribution in [0.3, 0.4) is 0 Å². The van der Waals surface area contributed by atoms with Gasteiger partial charge in [-0.2, -0.15) is 11.8 Å². The Bertz CT molecular complexity index is 336. The Labute approximate surface area is 101 Å². The lowest BCUT2D eigenvalue weighted by molar-refractivity contribution is -0.140.